The Morgan fingerprint density at radius 2 is 1.78 bits per heavy atom. The lowest BCUT2D eigenvalue weighted by atomic mass is 10.0. The summed E-state index contributed by atoms with van der Waals surface area (Å²) in [6.07, 6.45) is 14.4. The van der Waals surface area contributed by atoms with Crippen LogP contribution in [0.15, 0.2) is 65.9 Å². The first-order valence-corrected chi connectivity index (χ1v) is 8.69. The zero-order valence-corrected chi connectivity index (χ0v) is 16.5. The molecule has 27 heavy (non-hydrogen) atoms. The van der Waals surface area contributed by atoms with E-state index in [2.05, 4.69) is 92.7 Å². The highest BCUT2D eigenvalue weighted by Crippen LogP contribution is 2.19. The zero-order valence-electron chi connectivity index (χ0n) is 16.5. The molecule has 0 saturated heterocycles. The predicted octanol–water partition coefficient (Wildman–Crippen LogP) is 5.84. The van der Waals surface area contributed by atoms with E-state index in [1.54, 1.807) is 7.05 Å². The fourth-order valence-electron chi connectivity index (χ4n) is 2.62. The number of nitriles is 1. The molecule has 0 unspecified atom stereocenters. The van der Waals surface area contributed by atoms with Gasteiger partial charge in [0.25, 0.3) is 0 Å². The van der Waals surface area contributed by atoms with Gasteiger partial charge in [-0.25, -0.2) is 0 Å². The quantitative estimate of drug-likeness (QED) is 0.416. The fraction of sp³-hybridized carbons (Fsp3) is 0.160. The van der Waals surface area contributed by atoms with E-state index in [0.717, 1.165) is 16.7 Å². The van der Waals surface area contributed by atoms with Crippen molar-refractivity contribution >= 4 is 17.7 Å². The van der Waals surface area contributed by atoms with Crippen molar-refractivity contribution in [3.8, 4) is 18.9 Å². The minimum absolute atomic E-state index is 0.594. The van der Waals surface area contributed by atoms with Gasteiger partial charge in [-0.2, -0.15) is 5.26 Å². The van der Waals surface area contributed by atoms with E-state index in [0.29, 0.717) is 5.70 Å². The maximum Gasteiger partial charge on any atom is 0.117 e. The Kier molecular flexibility index (Phi) is 8.93. The SMILES string of the molecule is C#C.CN/C(C#N)=C(\C)c1cccc(/C=C/C(C)=C/c2ccccc2C)c1. The van der Waals surface area contributed by atoms with Crippen LogP contribution < -0.4 is 5.32 Å². The Hall–Kier alpha value is -3.49. The minimum atomic E-state index is 0.594. The third-order valence-corrected chi connectivity index (χ3v) is 4.17. The van der Waals surface area contributed by atoms with Gasteiger partial charge in [-0.15, -0.1) is 12.8 Å². The Balaban J connectivity index is 0.00000176. The van der Waals surface area contributed by atoms with Crippen LogP contribution in [0.2, 0.25) is 0 Å². The molecule has 0 atom stereocenters. The summed E-state index contributed by atoms with van der Waals surface area (Å²) >= 11 is 0. The normalized spacial score (nSPS) is 11.8. The molecule has 2 nitrogen and oxygen atoms in total. The van der Waals surface area contributed by atoms with Crippen LogP contribution in [0.3, 0.4) is 0 Å². The summed E-state index contributed by atoms with van der Waals surface area (Å²) in [6.45, 7) is 6.18. The van der Waals surface area contributed by atoms with Crippen molar-refractivity contribution in [2.24, 2.45) is 0 Å². The summed E-state index contributed by atoms with van der Waals surface area (Å²) in [5, 5.41) is 12.1. The summed E-state index contributed by atoms with van der Waals surface area (Å²) in [5.41, 5.74) is 7.42. The lowest BCUT2D eigenvalue weighted by molar-refractivity contribution is 1.04. The molecule has 0 aromatic heterocycles. The van der Waals surface area contributed by atoms with E-state index in [4.69, 9.17) is 0 Å². The molecule has 2 heteroatoms. The number of hydrogen-bond acceptors (Lipinski definition) is 2. The van der Waals surface area contributed by atoms with Gasteiger partial charge in [0, 0.05) is 7.05 Å². The van der Waals surface area contributed by atoms with Crippen molar-refractivity contribution in [3.63, 3.8) is 0 Å². The van der Waals surface area contributed by atoms with Crippen molar-refractivity contribution in [3.05, 3.63) is 88.1 Å². The lowest BCUT2D eigenvalue weighted by Gasteiger charge is -2.06. The molecule has 0 aliphatic carbocycles. The molecule has 0 heterocycles. The minimum Gasteiger partial charge on any atom is -0.379 e. The van der Waals surface area contributed by atoms with Crippen LogP contribution in [-0.2, 0) is 0 Å². The highest BCUT2D eigenvalue weighted by Gasteiger charge is 2.03. The standard InChI is InChI=1S/C23H24N2.C2H2/c1-17(14-21-10-6-5-8-18(21)2)12-13-20-9-7-11-22(15-20)19(3)23(16-24)25-4;1-2/h5-15,25H,1-4H3;1-2H/b13-12+,17-14+,23-19+;. The first-order valence-electron chi connectivity index (χ1n) is 8.69. The number of allylic oxidation sites excluding steroid dienone is 4. The highest BCUT2D eigenvalue weighted by molar-refractivity contribution is 5.72. The molecule has 0 bridgehead atoms. The Morgan fingerprint density at radius 1 is 1.07 bits per heavy atom. The number of rotatable bonds is 5. The lowest BCUT2D eigenvalue weighted by Crippen LogP contribution is -2.05. The largest absolute Gasteiger partial charge is 0.379 e. The van der Waals surface area contributed by atoms with E-state index in [-0.39, 0.29) is 0 Å². The van der Waals surface area contributed by atoms with Crippen molar-refractivity contribution in [2.75, 3.05) is 7.05 Å². The molecule has 1 N–H and O–H groups in total. The molecular formula is C25H26N2. The van der Waals surface area contributed by atoms with Crippen LogP contribution in [0.25, 0.3) is 17.7 Å². The van der Waals surface area contributed by atoms with Crippen molar-refractivity contribution < 1.29 is 0 Å². The Labute approximate surface area is 163 Å². The number of terminal acetylenes is 1. The van der Waals surface area contributed by atoms with E-state index in [1.165, 1.54) is 16.7 Å². The first kappa shape index (κ1) is 21.6. The average Bonchev–Trinajstić information content (AvgIpc) is 2.71. The van der Waals surface area contributed by atoms with Crippen LogP contribution in [0.4, 0.5) is 0 Å². The van der Waals surface area contributed by atoms with Crippen LogP contribution in [0.1, 0.15) is 36.1 Å². The molecule has 2 rings (SSSR count). The third-order valence-electron chi connectivity index (χ3n) is 4.17. The van der Waals surface area contributed by atoms with Gasteiger partial charge >= 0.3 is 0 Å². The van der Waals surface area contributed by atoms with Gasteiger partial charge in [-0.1, -0.05) is 66.3 Å². The van der Waals surface area contributed by atoms with E-state index in [9.17, 15) is 5.26 Å². The molecule has 0 aliphatic rings. The van der Waals surface area contributed by atoms with Gasteiger partial charge in [0.15, 0.2) is 0 Å². The van der Waals surface area contributed by atoms with Gasteiger partial charge in [-0.05, 0) is 54.7 Å². The van der Waals surface area contributed by atoms with Crippen LogP contribution in [-0.4, -0.2) is 7.05 Å². The molecule has 0 radical (unpaired) electrons. The molecule has 0 saturated carbocycles. The summed E-state index contributed by atoms with van der Waals surface area (Å²) < 4.78 is 0. The maximum absolute atomic E-state index is 9.17. The molecular weight excluding hydrogens is 328 g/mol. The van der Waals surface area contributed by atoms with Gasteiger partial charge < -0.3 is 5.32 Å². The predicted molar refractivity (Wildman–Crippen MR) is 117 cm³/mol. The highest BCUT2D eigenvalue weighted by atomic mass is 14.8. The first-order chi connectivity index (χ1) is 13.0. The van der Waals surface area contributed by atoms with Crippen molar-refractivity contribution in [1.82, 2.24) is 5.32 Å². The Bertz CT molecular complexity index is 919. The summed E-state index contributed by atoms with van der Waals surface area (Å²) in [6, 6.07) is 18.8. The van der Waals surface area contributed by atoms with Gasteiger partial charge in [0.2, 0.25) is 0 Å². The van der Waals surface area contributed by atoms with Crippen molar-refractivity contribution in [1.29, 1.82) is 5.26 Å². The van der Waals surface area contributed by atoms with E-state index < -0.39 is 0 Å². The Morgan fingerprint density at radius 3 is 2.41 bits per heavy atom. The van der Waals surface area contributed by atoms with Gasteiger partial charge in [-0.3, -0.25) is 0 Å². The number of nitrogens with zero attached hydrogens (tertiary/aromatic N) is 1. The molecule has 0 amide bonds. The maximum atomic E-state index is 9.17. The second-order valence-electron chi connectivity index (χ2n) is 6.07. The molecule has 0 aliphatic heterocycles. The van der Waals surface area contributed by atoms with Gasteiger partial charge in [0.1, 0.15) is 11.8 Å². The number of nitrogens with one attached hydrogen (secondary N) is 1. The third kappa shape index (κ3) is 6.38. The zero-order chi connectivity index (χ0) is 20.2. The van der Waals surface area contributed by atoms with Crippen molar-refractivity contribution in [2.45, 2.75) is 20.8 Å². The summed E-state index contributed by atoms with van der Waals surface area (Å²) in [7, 11) is 1.77. The van der Waals surface area contributed by atoms with E-state index in [1.807, 2.05) is 19.1 Å². The fourth-order valence-corrected chi connectivity index (χ4v) is 2.62. The second kappa shape index (κ2) is 11.2. The number of benzene rings is 2. The molecule has 136 valence electrons. The molecule has 0 spiro atoms. The molecule has 0 fully saturated rings. The van der Waals surface area contributed by atoms with Gasteiger partial charge in [0.05, 0.1) is 0 Å². The molecule has 2 aromatic carbocycles. The summed E-state index contributed by atoms with van der Waals surface area (Å²) in [4.78, 5) is 0. The number of hydrogen-bond donors (Lipinski definition) is 1. The summed E-state index contributed by atoms with van der Waals surface area (Å²) in [5.74, 6) is 0. The smallest absolute Gasteiger partial charge is 0.117 e. The topological polar surface area (TPSA) is 35.8 Å². The van der Waals surface area contributed by atoms with Crippen LogP contribution in [0, 0.1) is 31.1 Å². The monoisotopic (exact) mass is 354 g/mol. The van der Waals surface area contributed by atoms with E-state index >= 15 is 0 Å². The van der Waals surface area contributed by atoms with Crippen LogP contribution in [0.5, 0.6) is 0 Å². The number of aryl methyl sites for hydroxylation is 1. The second-order valence-corrected chi connectivity index (χ2v) is 6.07. The van der Waals surface area contributed by atoms with Crippen LogP contribution >= 0.6 is 0 Å². The average molecular weight is 354 g/mol. The molecule has 2 aromatic rings.